The third-order valence-corrected chi connectivity index (χ3v) is 3.86. The average Bonchev–Trinajstić information content (AvgIpc) is 2.53. The molecule has 0 amide bonds. The van der Waals surface area contributed by atoms with Gasteiger partial charge in [0, 0.05) is 12.6 Å². The Labute approximate surface area is 133 Å². The molecule has 0 fully saturated rings. The van der Waals surface area contributed by atoms with E-state index >= 15 is 0 Å². The van der Waals surface area contributed by atoms with Gasteiger partial charge in [-0.1, -0.05) is 48.0 Å². The Hall–Kier alpha value is -2.06. The molecule has 0 saturated heterocycles. The minimum Gasteiger partial charge on any atom is -0.497 e. The van der Waals surface area contributed by atoms with E-state index in [1.54, 1.807) is 7.11 Å². The smallest absolute Gasteiger partial charge is 0.119 e. The molecule has 2 aromatic carbocycles. The zero-order chi connectivity index (χ0) is 15.9. The van der Waals surface area contributed by atoms with Gasteiger partial charge < -0.3 is 10.1 Å². The van der Waals surface area contributed by atoms with Gasteiger partial charge in [0.25, 0.3) is 0 Å². The second-order valence-electron chi connectivity index (χ2n) is 5.67. The van der Waals surface area contributed by atoms with Crippen molar-refractivity contribution < 1.29 is 4.74 Å². The Morgan fingerprint density at radius 3 is 2.68 bits per heavy atom. The number of nitrogens with one attached hydrogen (secondary N) is 1. The molecule has 0 aliphatic carbocycles. The molecule has 1 N–H and O–H groups in total. The maximum Gasteiger partial charge on any atom is 0.119 e. The number of aryl methyl sites for hydroxylation is 2. The lowest BCUT2D eigenvalue weighted by atomic mass is 10.1. The fourth-order valence-corrected chi connectivity index (χ4v) is 2.47. The highest BCUT2D eigenvalue weighted by Gasteiger charge is 2.04. The fraction of sp³-hybridized carbons (Fsp3) is 0.300. The van der Waals surface area contributed by atoms with Gasteiger partial charge in [0.1, 0.15) is 5.75 Å². The SMILES string of the molecule is COc1cccc([C@@H](C)NC/C=C/c2ccc(C)cc2C)c1. The molecular weight excluding hydrogens is 270 g/mol. The van der Waals surface area contributed by atoms with Crippen LogP contribution >= 0.6 is 0 Å². The summed E-state index contributed by atoms with van der Waals surface area (Å²) < 4.78 is 5.27. The molecule has 0 aromatic heterocycles. The van der Waals surface area contributed by atoms with Crippen molar-refractivity contribution in [1.29, 1.82) is 0 Å². The molecule has 2 aromatic rings. The van der Waals surface area contributed by atoms with E-state index < -0.39 is 0 Å². The lowest BCUT2D eigenvalue weighted by molar-refractivity contribution is 0.413. The molecule has 0 saturated carbocycles. The van der Waals surface area contributed by atoms with Gasteiger partial charge in [-0.05, 0) is 49.6 Å². The van der Waals surface area contributed by atoms with Gasteiger partial charge in [-0.2, -0.15) is 0 Å². The zero-order valence-corrected chi connectivity index (χ0v) is 13.9. The highest BCUT2D eigenvalue weighted by molar-refractivity contribution is 5.54. The molecule has 0 spiro atoms. The largest absolute Gasteiger partial charge is 0.497 e. The molecule has 2 rings (SSSR count). The van der Waals surface area contributed by atoms with Gasteiger partial charge in [-0.25, -0.2) is 0 Å². The quantitative estimate of drug-likeness (QED) is 0.835. The van der Waals surface area contributed by atoms with Gasteiger partial charge in [0.05, 0.1) is 7.11 Å². The van der Waals surface area contributed by atoms with Gasteiger partial charge in [-0.3, -0.25) is 0 Å². The van der Waals surface area contributed by atoms with Crippen LogP contribution in [0.1, 0.15) is 35.2 Å². The summed E-state index contributed by atoms with van der Waals surface area (Å²) >= 11 is 0. The Morgan fingerprint density at radius 1 is 1.14 bits per heavy atom. The Morgan fingerprint density at radius 2 is 1.95 bits per heavy atom. The van der Waals surface area contributed by atoms with E-state index in [2.05, 4.69) is 68.6 Å². The number of methoxy groups -OCH3 is 1. The summed E-state index contributed by atoms with van der Waals surface area (Å²) in [5, 5.41) is 3.51. The van der Waals surface area contributed by atoms with E-state index in [0.29, 0.717) is 6.04 Å². The molecular formula is C20H25NO. The molecule has 0 aliphatic rings. The van der Waals surface area contributed by atoms with Crippen LogP contribution in [0.25, 0.3) is 6.08 Å². The van der Waals surface area contributed by atoms with Gasteiger partial charge in [0.15, 0.2) is 0 Å². The van der Waals surface area contributed by atoms with Crippen LogP contribution in [0.3, 0.4) is 0 Å². The Balaban J connectivity index is 1.91. The lowest BCUT2D eigenvalue weighted by Crippen LogP contribution is -2.18. The standard InChI is InChI=1S/C20H25NO/c1-15-10-11-18(16(2)13-15)8-6-12-21-17(3)19-7-5-9-20(14-19)22-4/h5-11,13-14,17,21H,12H2,1-4H3/b8-6+/t17-/m1/s1. The minimum atomic E-state index is 0.291. The second-order valence-corrected chi connectivity index (χ2v) is 5.67. The highest BCUT2D eigenvalue weighted by atomic mass is 16.5. The van der Waals surface area contributed by atoms with Crippen LogP contribution in [-0.4, -0.2) is 13.7 Å². The summed E-state index contributed by atoms with van der Waals surface area (Å²) in [6, 6.07) is 15.0. The number of rotatable bonds is 6. The van der Waals surface area contributed by atoms with Crippen molar-refractivity contribution in [3.63, 3.8) is 0 Å². The topological polar surface area (TPSA) is 21.3 Å². The molecule has 2 nitrogen and oxygen atoms in total. The zero-order valence-electron chi connectivity index (χ0n) is 13.9. The van der Waals surface area contributed by atoms with Gasteiger partial charge >= 0.3 is 0 Å². The average molecular weight is 295 g/mol. The third-order valence-electron chi connectivity index (χ3n) is 3.86. The number of hydrogen-bond acceptors (Lipinski definition) is 2. The number of hydrogen-bond donors (Lipinski definition) is 1. The molecule has 116 valence electrons. The summed E-state index contributed by atoms with van der Waals surface area (Å²) in [5.41, 5.74) is 5.14. The summed E-state index contributed by atoms with van der Waals surface area (Å²) in [4.78, 5) is 0. The summed E-state index contributed by atoms with van der Waals surface area (Å²) in [5.74, 6) is 0.900. The van der Waals surface area contributed by atoms with Crippen LogP contribution in [0.15, 0.2) is 48.5 Å². The van der Waals surface area contributed by atoms with E-state index in [1.807, 2.05) is 12.1 Å². The van der Waals surface area contributed by atoms with Crippen LogP contribution in [0.2, 0.25) is 0 Å². The molecule has 0 unspecified atom stereocenters. The van der Waals surface area contributed by atoms with Crippen molar-refractivity contribution in [2.45, 2.75) is 26.8 Å². The van der Waals surface area contributed by atoms with Crippen molar-refractivity contribution in [2.75, 3.05) is 13.7 Å². The normalized spacial score (nSPS) is 12.5. The molecule has 1 atom stereocenters. The van der Waals surface area contributed by atoms with Crippen molar-refractivity contribution in [3.05, 3.63) is 70.8 Å². The molecule has 0 radical (unpaired) electrons. The predicted molar refractivity (Wildman–Crippen MR) is 94.4 cm³/mol. The maximum absolute atomic E-state index is 5.27. The van der Waals surface area contributed by atoms with Gasteiger partial charge in [-0.15, -0.1) is 0 Å². The Kier molecular flexibility index (Phi) is 5.79. The molecule has 0 bridgehead atoms. The predicted octanol–water partition coefficient (Wildman–Crippen LogP) is 4.68. The number of benzene rings is 2. The van der Waals surface area contributed by atoms with Crippen LogP contribution in [0.5, 0.6) is 5.75 Å². The van der Waals surface area contributed by atoms with E-state index in [0.717, 1.165) is 12.3 Å². The molecule has 0 aliphatic heterocycles. The fourth-order valence-electron chi connectivity index (χ4n) is 2.47. The van der Waals surface area contributed by atoms with E-state index in [9.17, 15) is 0 Å². The van der Waals surface area contributed by atoms with Crippen molar-refractivity contribution in [2.24, 2.45) is 0 Å². The van der Waals surface area contributed by atoms with Crippen molar-refractivity contribution in [1.82, 2.24) is 5.32 Å². The van der Waals surface area contributed by atoms with Crippen LogP contribution < -0.4 is 10.1 Å². The monoisotopic (exact) mass is 295 g/mol. The molecule has 22 heavy (non-hydrogen) atoms. The second kappa shape index (κ2) is 7.81. The van der Waals surface area contributed by atoms with Crippen LogP contribution in [-0.2, 0) is 0 Å². The van der Waals surface area contributed by atoms with E-state index in [1.165, 1.54) is 22.3 Å². The molecule has 0 heterocycles. The Bertz CT molecular complexity index is 646. The van der Waals surface area contributed by atoms with Crippen molar-refractivity contribution in [3.8, 4) is 5.75 Å². The van der Waals surface area contributed by atoms with Crippen LogP contribution in [0.4, 0.5) is 0 Å². The summed E-state index contributed by atoms with van der Waals surface area (Å²) in [6.45, 7) is 7.28. The van der Waals surface area contributed by atoms with Crippen molar-refractivity contribution >= 4 is 6.08 Å². The molecule has 2 heteroatoms. The van der Waals surface area contributed by atoms with E-state index in [-0.39, 0.29) is 0 Å². The first-order valence-electron chi connectivity index (χ1n) is 7.71. The summed E-state index contributed by atoms with van der Waals surface area (Å²) in [6.07, 6.45) is 4.36. The first-order valence-corrected chi connectivity index (χ1v) is 7.71. The highest BCUT2D eigenvalue weighted by Crippen LogP contribution is 2.18. The minimum absolute atomic E-state index is 0.291. The van der Waals surface area contributed by atoms with Gasteiger partial charge in [0.2, 0.25) is 0 Å². The summed E-state index contributed by atoms with van der Waals surface area (Å²) in [7, 11) is 1.70. The van der Waals surface area contributed by atoms with E-state index in [4.69, 9.17) is 4.74 Å². The maximum atomic E-state index is 5.27. The lowest BCUT2D eigenvalue weighted by Gasteiger charge is -2.13. The number of ether oxygens (including phenoxy) is 1. The first kappa shape index (κ1) is 16.3. The van der Waals surface area contributed by atoms with Crippen LogP contribution in [0, 0.1) is 13.8 Å². The first-order chi connectivity index (χ1) is 10.6. The third kappa shape index (κ3) is 4.47.